The lowest BCUT2D eigenvalue weighted by Crippen LogP contribution is -2.71. The van der Waals surface area contributed by atoms with Crippen LogP contribution < -0.4 is 4.74 Å². The molecule has 5 heteroatoms. The summed E-state index contributed by atoms with van der Waals surface area (Å²) in [5.74, 6) is 0.500. The fraction of sp³-hybridized carbons (Fsp3) is 0.562. The molecule has 1 aromatic rings. The van der Waals surface area contributed by atoms with Crippen LogP contribution in [0.1, 0.15) is 26.7 Å². The summed E-state index contributed by atoms with van der Waals surface area (Å²) in [5.41, 5.74) is -0.553. The molecule has 3 aliphatic carbocycles. The summed E-state index contributed by atoms with van der Waals surface area (Å²) in [6.07, 6.45) is 1.86. The maximum atomic E-state index is 12.9. The van der Waals surface area contributed by atoms with Crippen LogP contribution in [0, 0.1) is 16.2 Å². The number of alkyl halides is 3. The third-order valence-corrected chi connectivity index (χ3v) is 9.04. The summed E-state index contributed by atoms with van der Waals surface area (Å²) in [6, 6.07) is 9.32. The van der Waals surface area contributed by atoms with Gasteiger partial charge >= 0.3 is 5.97 Å². The zero-order valence-electron chi connectivity index (χ0n) is 11.9. The van der Waals surface area contributed by atoms with E-state index in [0.717, 1.165) is 12.8 Å². The summed E-state index contributed by atoms with van der Waals surface area (Å²) in [5, 5.41) is 0. The van der Waals surface area contributed by atoms with Crippen molar-refractivity contribution in [3.05, 3.63) is 30.3 Å². The largest absolute Gasteiger partial charge is 0.426 e. The van der Waals surface area contributed by atoms with E-state index in [1.54, 1.807) is 0 Å². The monoisotopic (exact) mass is 478 g/mol. The van der Waals surface area contributed by atoms with Gasteiger partial charge in [0.15, 0.2) is 0 Å². The van der Waals surface area contributed by atoms with Gasteiger partial charge in [-0.15, -0.1) is 0 Å². The Kier molecular flexibility index (Phi) is 3.86. The first-order valence-electron chi connectivity index (χ1n) is 7.00. The highest BCUT2D eigenvalue weighted by molar-refractivity contribution is 9.24. The van der Waals surface area contributed by atoms with Gasteiger partial charge in [0.1, 0.15) is 5.75 Å². The van der Waals surface area contributed by atoms with E-state index >= 15 is 0 Å². The minimum absolute atomic E-state index is 0.0305. The van der Waals surface area contributed by atoms with Crippen LogP contribution in [0.3, 0.4) is 0 Å². The average Bonchev–Trinajstić information content (AvgIpc) is 2.89. The van der Waals surface area contributed by atoms with Crippen molar-refractivity contribution in [1.82, 2.24) is 0 Å². The molecule has 0 amide bonds. The minimum Gasteiger partial charge on any atom is -0.426 e. The second-order valence-corrected chi connectivity index (χ2v) is 10.5. The average molecular weight is 481 g/mol. The number of ether oxygens (including phenoxy) is 1. The molecule has 3 unspecified atom stereocenters. The first-order valence-corrected chi connectivity index (χ1v) is 9.75. The molecular formula is C16H17Br3O2. The van der Waals surface area contributed by atoms with E-state index < -0.39 is 5.41 Å². The topological polar surface area (TPSA) is 26.3 Å². The summed E-state index contributed by atoms with van der Waals surface area (Å²) in [7, 11) is 0. The van der Waals surface area contributed by atoms with Gasteiger partial charge in [0.2, 0.25) is 0 Å². The van der Waals surface area contributed by atoms with Crippen molar-refractivity contribution in [2.24, 2.45) is 16.2 Å². The summed E-state index contributed by atoms with van der Waals surface area (Å²) >= 11 is 11.2. The van der Waals surface area contributed by atoms with Crippen molar-refractivity contribution in [2.45, 2.75) is 35.3 Å². The fourth-order valence-corrected chi connectivity index (χ4v) is 9.23. The number of benzene rings is 1. The van der Waals surface area contributed by atoms with Crippen molar-refractivity contribution >= 4 is 53.8 Å². The highest BCUT2D eigenvalue weighted by Crippen LogP contribution is 2.82. The lowest BCUT2D eigenvalue weighted by molar-refractivity contribution is -0.176. The van der Waals surface area contributed by atoms with Crippen molar-refractivity contribution in [3.63, 3.8) is 0 Å². The SMILES string of the molecule is CC1(C)C2(C(=O)Oc3ccccc3)CCC1(C(Br)Br)C2Br. The zero-order chi connectivity index (χ0) is 15.5. The van der Waals surface area contributed by atoms with Crippen molar-refractivity contribution in [1.29, 1.82) is 0 Å². The molecule has 0 aromatic heterocycles. The lowest BCUT2D eigenvalue weighted by atomic mass is 9.43. The van der Waals surface area contributed by atoms with E-state index in [-0.39, 0.29) is 25.4 Å². The van der Waals surface area contributed by atoms with Crippen molar-refractivity contribution < 1.29 is 9.53 Å². The molecule has 0 radical (unpaired) electrons. The zero-order valence-corrected chi connectivity index (χ0v) is 16.7. The summed E-state index contributed by atoms with van der Waals surface area (Å²) in [6.45, 7) is 4.36. The third-order valence-electron chi connectivity index (χ3n) is 5.80. The van der Waals surface area contributed by atoms with Gasteiger partial charge in [-0.1, -0.05) is 79.8 Å². The molecule has 0 N–H and O–H groups in total. The molecule has 3 fully saturated rings. The van der Waals surface area contributed by atoms with Gasteiger partial charge in [-0.2, -0.15) is 0 Å². The Hall–Kier alpha value is 0.130. The molecule has 0 aliphatic heterocycles. The predicted molar refractivity (Wildman–Crippen MR) is 94.3 cm³/mol. The summed E-state index contributed by atoms with van der Waals surface area (Å²) in [4.78, 5) is 13.0. The van der Waals surface area contributed by atoms with Gasteiger partial charge in [-0.3, -0.25) is 4.79 Å². The highest BCUT2D eigenvalue weighted by atomic mass is 79.9. The van der Waals surface area contributed by atoms with Gasteiger partial charge < -0.3 is 4.74 Å². The smallest absolute Gasteiger partial charge is 0.319 e. The Morgan fingerprint density at radius 2 is 1.86 bits per heavy atom. The Morgan fingerprint density at radius 3 is 2.33 bits per heavy atom. The van der Waals surface area contributed by atoms with Crippen LogP contribution >= 0.6 is 47.8 Å². The molecule has 0 saturated heterocycles. The number of hydrogen-bond acceptors (Lipinski definition) is 2. The Labute approximate surface area is 150 Å². The molecule has 2 nitrogen and oxygen atoms in total. The van der Waals surface area contributed by atoms with Crippen molar-refractivity contribution in [3.8, 4) is 5.75 Å². The Morgan fingerprint density at radius 1 is 1.24 bits per heavy atom. The maximum Gasteiger partial charge on any atom is 0.319 e. The van der Waals surface area contributed by atoms with Crippen LogP contribution in [0.4, 0.5) is 0 Å². The normalized spacial score (nSPS) is 36.4. The van der Waals surface area contributed by atoms with Gasteiger partial charge in [0, 0.05) is 10.2 Å². The van der Waals surface area contributed by atoms with E-state index in [2.05, 4.69) is 61.6 Å². The molecule has 1 aromatic carbocycles. The molecular weight excluding hydrogens is 464 g/mol. The Bertz CT molecular complexity index is 572. The number of para-hydroxylation sites is 1. The molecule has 0 spiro atoms. The fourth-order valence-electron chi connectivity index (χ4n) is 4.33. The number of esters is 1. The van der Waals surface area contributed by atoms with Crippen molar-refractivity contribution in [2.75, 3.05) is 0 Å². The van der Waals surface area contributed by atoms with Gasteiger partial charge in [-0.05, 0) is 30.4 Å². The van der Waals surface area contributed by atoms with E-state index in [9.17, 15) is 4.79 Å². The standard InChI is InChI=1S/C16H17Br3O2/c1-14(2)15(12(18)19)8-9-16(14,11(15)17)13(20)21-10-6-4-3-5-7-10/h3-7,11-12H,8-9H2,1-2H3. The quantitative estimate of drug-likeness (QED) is 0.334. The Balaban J connectivity index is 1.91. The van der Waals surface area contributed by atoms with Crippen LogP contribution in [-0.2, 0) is 4.79 Å². The number of carbonyl (C=O) groups is 1. The number of rotatable bonds is 3. The molecule has 4 rings (SSSR count). The number of fused-ring (bicyclic) bond motifs is 1. The molecule has 3 saturated carbocycles. The predicted octanol–water partition coefficient (Wildman–Crippen LogP) is 5.28. The van der Waals surface area contributed by atoms with Gasteiger partial charge in [0.25, 0.3) is 0 Å². The first kappa shape index (κ1) is 16.0. The summed E-state index contributed by atoms with van der Waals surface area (Å²) < 4.78 is 5.85. The van der Waals surface area contributed by atoms with E-state index in [1.165, 1.54) is 0 Å². The molecule has 114 valence electrons. The van der Waals surface area contributed by atoms with E-state index in [0.29, 0.717) is 5.75 Å². The van der Waals surface area contributed by atoms with Gasteiger partial charge in [0.05, 0.1) is 9.15 Å². The molecule has 3 atom stereocenters. The van der Waals surface area contributed by atoms with Crippen LogP contribution in [0.25, 0.3) is 0 Å². The van der Waals surface area contributed by atoms with Gasteiger partial charge in [-0.25, -0.2) is 0 Å². The van der Waals surface area contributed by atoms with Crippen LogP contribution in [0.2, 0.25) is 0 Å². The molecule has 2 bridgehead atoms. The maximum absolute atomic E-state index is 12.9. The number of carbonyl (C=O) groups excluding carboxylic acids is 1. The molecule has 21 heavy (non-hydrogen) atoms. The highest BCUT2D eigenvalue weighted by Gasteiger charge is 2.84. The molecule has 3 aliphatic rings. The van der Waals surface area contributed by atoms with E-state index in [4.69, 9.17) is 4.74 Å². The minimum atomic E-state index is -0.456. The second kappa shape index (κ2) is 5.07. The molecule has 0 heterocycles. The second-order valence-electron chi connectivity index (χ2n) is 6.50. The van der Waals surface area contributed by atoms with Crippen LogP contribution in [0.5, 0.6) is 5.75 Å². The van der Waals surface area contributed by atoms with Crippen LogP contribution in [0.15, 0.2) is 30.3 Å². The van der Waals surface area contributed by atoms with Crippen LogP contribution in [-0.4, -0.2) is 14.5 Å². The third kappa shape index (κ3) is 1.77. The first-order chi connectivity index (χ1) is 9.80. The number of hydrogen-bond donors (Lipinski definition) is 0. The van der Waals surface area contributed by atoms with E-state index in [1.807, 2.05) is 30.3 Å². The number of halogens is 3. The lowest BCUT2D eigenvalue weighted by Gasteiger charge is -2.65.